The number of carbonyl (C=O) groups excluding carboxylic acids is 2. The van der Waals surface area contributed by atoms with E-state index in [2.05, 4.69) is 67.0 Å². The number of esters is 2. The lowest BCUT2D eigenvalue weighted by atomic mass is 10.1. The third kappa shape index (κ3) is 34.6. The van der Waals surface area contributed by atoms with Crippen LogP contribution in [-0.2, 0) is 28.2 Å². The molecule has 2 atom stereocenters. The number of unbranched alkanes of at least 4 members (excludes halogenated alkanes) is 7. The number of rotatable bonds is 30. The lowest BCUT2D eigenvalue weighted by Crippen LogP contribution is -2.29. The summed E-state index contributed by atoms with van der Waals surface area (Å²) in [7, 11) is -4.81. The van der Waals surface area contributed by atoms with Crippen molar-refractivity contribution in [3.63, 3.8) is 0 Å². The SMILES string of the molecule is CC/C=C\C/C=C\C/C=C\C/C=C\C=C\C(O)CCCC(=O)O[C@H](COC(=O)CCCCCCC/C=C\CCCC)COP(=O)(O)O. The van der Waals surface area contributed by atoms with Crippen molar-refractivity contribution < 1.29 is 43.0 Å². The highest BCUT2D eigenvalue weighted by molar-refractivity contribution is 7.46. The second-order valence-electron chi connectivity index (χ2n) is 11.3. The summed E-state index contributed by atoms with van der Waals surface area (Å²) in [6.45, 7) is 3.32. The van der Waals surface area contributed by atoms with E-state index in [0.717, 1.165) is 64.2 Å². The summed E-state index contributed by atoms with van der Waals surface area (Å²) in [4.78, 5) is 42.6. The molecule has 268 valence electrons. The number of hydrogen-bond donors (Lipinski definition) is 3. The molecule has 0 saturated heterocycles. The molecule has 0 aromatic carbocycles. The first-order valence-electron chi connectivity index (χ1n) is 17.3. The van der Waals surface area contributed by atoms with Crippen LogP contribution in [0.2, 0.25) is 0 Å². The van der Waals surface area contributed by atoms with Gasteiger partial charge < -0.3 is 24.4 Å². The summed E-state index contributed by atoms with van der Waals surface area (Å²) in [5.41, 5.74) is 0. The average Bonchev–Trinajstić information content (AvgIpc) is 3.03. The molecule has 47 heavy (non-hydrogen) atoms. The lowest BCUT2D eigenvalue weighted by Gasteiger charge is -2.18. The second kappa shape index (κ2) is 32.0. The monoisotopic (exact) mass is 680 g/mol. The van der Waals surface area contributed by atoms with Gasteiger partial charge in [0, 0.05) is 12.8 Å². The molecule has 0 heterocycles. The number of phosphoric acid groups is 1. The fraction of sp³-hybridized carbons (Fsp3) is 0.622. The Morgan fingerprint density at radius 1 is 0.681 bits per heavy atom. The van der Waals surface area contributed by atoms with E-state index in [0.29, 0.717) is 19.3 Å². The summed E-state index contributed by atoms with van der Waals surface area (Å²) in [6.07, 6.45) is 36.6. The third-order valence-electron chi connectivity index (χ3n) is 6.81. The van der Waals surface area contributed by atoms with Gasteiger partial charge in [0.05, 0.1) is 12.7 Å². The van der Waals surface area contributed by atoms with Gasteiger partial charge in [0.25, 0.3) is 0 Å². The van der Waals surface area contributed by atoms with Gasteiger partial charge in [-0.25, -0.2) is 4.57 Å². The molecule has 0 radical (unpaired) electrons. The maximum atomic E-state index is 12.3. The van der Waals surface area contributed by atoms with Crippen LogP contribution < -0.4 is 0 Å². The minimum absolute atomic E-state index is 0.0240. The molecule has 0 saturated carbocycles. The lowest BCUT2D eigenvalue weighted by molar-refractivity contribution is -0.161. The van der Waals surface area contributed by atoms with Crippen molar-refractivity contribution in [2.75, 3.05) is 13.2 Å². The maximum absolute atomic E-state index is 12.3. The molecular formula is C37H61O9P. The number of aliphatic hydroxyl groups excluding tert-OH is 1. The molecule has 1 unspecified atom stereocenters. The van der Waals surface area contributed by atoms with E-state index in [1.165, 1.54) is 12.8 Å². The van der Waals surface area contributed by atoms with Gasteiger partial charge in [-0.3, -0.25) is 14.1 Å². The Labute approximate surface area is 283 Å². The highest BCUT2D eigenvalue weighted by atomic mass is 31.2. The van der Waals surface area contributed by atoms with Gasteiger partial charge in [-0.05, 0) is 64.2 Å². The van der Waals surface area contributed by atoms with Crippen LogP contribution in [0.3, 0.4) is 0 Å². The number of allylic oxidation sites excluding steroid dienone is 11. The van der Waals surface area contributed by atoms with E-state index in [9.17, 15) is 19.3 Å². The van der Waals surface area contributed by atoms with Crippen LogP contribution >= 0.6 is 7.82 Å². The minimum atomic E-state index is -4.81. The zero-order valence-corrected chi connectivity index (χ0v) is 29.7. The first-order valence-corrected chi connectivity index (χ1v) is 18.9. The molecule has 0 bridgehead atoms. The second-order valence-corrected chi connectivity index (χ2v) is 12.5. The highest BCUT2D eigenvalue weighted by Crippen LogP contribution is 2.35. The quantitative estimate of drug-likeness (QED) is 0.0223. The number of hydrogen-bond acceptors (Lipinski definition) is 7. The van der Waals surface area contributed by atoms with Crippen molar-refractivity contribution in [1.29, 1.82) is 0 Å². The van der Waals surface area contributed by atoms with Crippen molar-refractivity contribution in [1.82, 2.24) is 0 Å². The van der Waals surface area contributed by atoms with Crippen molar-refractivity contribution in [2.45, 2.75) is 135 Å². The van der Waals surface area contributed by atoms with E-state index in [-0.39, 0.29) is 19.4 Å². The van der Waals surface area contributed by atoms with Crippen LogP contribution in [0.15, 0.2) is 72.9 Å². The fourth-order valence-corrected chi connectivity index (χ4v) is 4.56. The number of phosphoric ester groups is 1. The predicted molar refractivity (Wildman–Crippen MR) is 190 cm³/mol. The van der Waals surface area contributed by atoms with Crippen LogP contribution in [0, 0.1) is 0 Å². The molecule has 0 aromatic rings. The molecule has 10 heteroatoms. The Bertz CT molecular complexity index is 1010. The number of aliphatic hydroxyl groups is 1. The van der Waals surface area contributed by atoms with Crippen molar-refractivity contribution in [3.8, 4) is 0 Å². The van der Waals surface area contributed by atoms with Gasteiger partial charge in [0.2, 0.25) is 0 Å². The van der Waals surface area contributed by atoms with Crippen molar-refractivity contribution in [3.05, 3.63) is 72.9 Å². The molecule has 0 rings (SSSR count). The number of carbonyl (C=O) groups is 2. The zero-order chi connectivity index (χ0) is 34.9. The van der Waals surface area contributed by atoms with Gasteiger partial charge in [0.15, 0.2) is 6.10 Å². The van der Waals surface area contributed by atoms with Crippen molar-refractivity contribution in [2.24, 2.45) is 0 Å². The van der Waals surface area contributed by atoms with Gasteiger partial charge in [0.1, 0.15) is 6.61 Å². The van der Waals surface area contributed by atoms with Gasteiger partial charge in [-0.1, -0.05) is 119 Å². The normalized spacial score (nSPS) is 14.1. The van der Waals surface area contributed by atoms with Crippen LogP contribution in [0.4, 0.5) is 0 Å². The summed E-state index contributed by atoms with van der Waals surface area (Å²) in [5.74, 6) is -1.11. The Balaban J connectivity index is 4.27. The minimum Gasteiger partial charge on any atom is -0.462 e. The van der Waals surface area contributed by atoms with E-state index in [1.807, 2.05) is 12.2 Å². The molecular weight excluding hydrogens is 619 g/mol. The van der Waals surface area contributed by atoms with E-state index in [4.69, 9.17) is 19.3 Å². The van der Waals surface area contributed by atoms with Crippen LogP contribution in [-0.4, -0.2) is 52.3 Å². The Hall–Kier alpha value is -2.55. The smallest absolute Gasteiger partial charge is 0.462 e. The Morgan fingerprint density at radius 2 is 1.28 bits per heavy atom. The largest absolute Gasteiger partial charge is 0.469 e. The fourth-order valence-electron chi connectivity index (χ4n) is 4.20. The summed E-state index contributed by atoms with van der Waals surface area (Å²) in [6, 6.07) is 0. The van der Waals surface area contributed by atoms with Crippen LogP contribution in [0.1, 0.15) is 123 Å². The summed E-state index contributed by atoms with van der Waals surface area (Å²) < 4.78 is 26.1. The number of ether oxygens (including phenoxy) is 2. The summed E-state index contributed by atoms with van der Waals surface area (Å²) >= 11 is 0. The third-order valence-corrected chi connectivity index (χ3v) is 7.30. The molecule has 9 nitrogen and oxygen atoms in total. The van der Waals surface area contributed by atoms with E-state index < -0.39 is 38.6 Å². The van der Waals surface area contributed by atoms with Gasteiger partial charge in [-0.2, -0.15) is 0 Å². The predicted octanol–water partition coefficient (Wildman–Crippen LogP) is 8.92. The average molecular weight is 681 g/mol. The standard InChI is InChI=1S/C37H61O9P/c1-3-5-7-9-11-13-15-16-18-19-21-23-25-28-34(38)29-27-31-37(40)46-35(33-45-47(41,42)43)32-44-36(39)30-26-24-22-20-17-14-12-10-8-6-4-2/h5,7,10-13,16,18,21,23,25,28,34-35,38H,3-4,6,8-9,14-15,17,19-20,22,24,26-27,29-33H2,1-2H3,(H2,41,42,43)/b7-5-,12-10-,13-11-,18-16-,23-21-,28-25+/t34?,35-/m1/s1. The van der Waals surface area contributed by atoms with E-state index in [1.54, 1.807) is 12.2 Å². The molecule has 3 N–H and O–H groups in total. The first-order chi connectivity index (χ1) is 22.7. The van der Waals surface area contributed by atoms with Gasteiger partial charge in [-0.15, -0.1) is 0 Å². The molecule has 0 aliphatic heterocycles. The molecule has 0 fully saturated rings. The Morgan fingerprint density at radius 3 is 1.94 bits per heavy atom. The highest BCUT2D eigenvalue weighted by Gasteiger charge is 2.23. The van der Waals surface area contributed by atoms with Crippen LogP contribution in [0.25, 0.3) is 0 Å². The van der Waals surface area contributed by atoms with Gasteiger partial charge >= 0.3 is 19.8 Å². The summed E-state index contributed by atoms with van der Waals surface area (Å²) in [5, 5.41) is 10.2. The molecule has 0 amide bonds. The Kier molecular flexibility index (Phi) is 30.3. The molecule has 0 aliphatic carbocycles. The van der Waals surface area contributed by atoms with E-state index >= 15 is 0 Å². The van der Waals surface area contributed by atoms with Crippen molar-refractivity contribution >= 4 is 19.8 Å². The maximum Gasteiger partial charge on any atom is 0.469 e. The zero-order valence-electron chi connectivity index (χ0n) is 28.8. The molecule has 0 spiro atoms. The topological polar surface area (TPSA) is 140 Å². The molecule has 0 aliphatic rings. The first kappa shape index (κ1) is 44.5. The van der Waals surface area contributed by atoms with Crippen LogP contribution in [0.5, 0.6) is 0 Å². The molecule has 0 aromatic heterocycles.